The summed E-state index contributed by atoms with van der Waals surface area (Å²) >= 11 is 6.05. The second-order valence-corrected chi connectivity index (χ2v) is 6.20. The van der Waals surface area contributed by atoms with Gasteiger partial charge in [-0.3, -0.25) is 4.79 Å². The van der Waals surface area contributed by atoms with Gasteiger partial charge in [0.2, 0.25) is 0 Å². The molecule has 0 aliphatic carbocycles. The normalized spacial score (nSPS) is 10.2. The number of benzene rings is 2. The molecule has 1 aromatic heterocycles. The molecule has 2 aromatic carbocycles. The zero-order valence-electron chi connectivity index (χ0n) is 15.1. The fourth-order valence-corrected chi connectivity index (χ4v) is 2.60. The summed E-state index contributed by atoms with van der Waals surface area (Å²) in [6.07, 6.45) is 1.56. The highest BCUT2D eigenvalue weighted by molar-refractivity contribution is 6.33. The maximum Gasteiger partial charge on any atom is 0.338 e. The highest BCUT2D eigenvalue weighted by atomic mass is 35.5. The molecule has 142 valence electrons. The first-order chi connectivity index (χ1) is 13.6. The van der Waals surface area contributed by atoms with Gasteiger partial charge in [-0.1, -0.05) is 23.7 Å². The van der Waals surface area contributed by atoms with E-state index in [0.717, 1.165) is 5.69 Å². The van der Waals surface area contributed by atoms with Crippen molar-refractivity contribution in [2.24, 2.45) is 0 Å². The van der Waals surface area contributed by atoms with Crippen LogP contribution in [0.15, 0.2) is 66.9 Å². The van der Waals surface area contributed by atoms with Crippen LogP contribution in [0.3, 0.4) is 0 Å². The van der Waals surface area contributed by atoms with E-state index in [2.05, 4.69) is 15.6 Å². The lowest BCUT2D eigenvalue weighted by molar-refractivity contribution is 0.0526. The van der Waals surface area contributed by atoms with E-state index in [0.29, 0.717) is 28.6 Å². The molecule has 0 radical (unpaired) electrons. The topological polar surface area (TPSA) is 80.3 Å². The number of halogens is 1. The van der Waals surface area contributed by atoms with E-state index in [1.807, 2.05) is 0 Å². The number of nitrogens with one attached hydrogen (secondary N) is 2. The van der Waals surface area contributed by atoms with Crippen LogP contribution in [0.4, 0.5) is 17.1 Å². The first-order valence-corrected chi connectivity index (χ1v) is 9.00. The van der Waals surface area contributed by atoms with Crippen LogP contribution in [-0.4, -0.2) is 23.5 Å². The van der Waals surface area contributed by atoms with Crippen molar-refractivity contribution in [1.29, 1.82) is 0 Å². The van der Waals surface area contributed by atoms with Gasteiger partial charge in [0.15, 0.2) is 0 Å². The molecule has 3 aromatic rings. The summed E-state index contributed by atoms with van der Waals surface area (Å²) in [6.45, 7) is 2.10. The molecule has 3 rings (SSSR count). The lowest BCUT2D eigenvalue weighted by Crippen LogP contribution is -2.13. The molecular weight excluding hydrogens is 378 g/mol. The van der Waals surface area contributed by atoms with E-state index < -0.39 is 0 Å². The summed E-state index contributed by atoms with van der Waals surface area (Å²) in [7, 11) is 0. The second-order valence-electron chi connectivity index (χ2n) is 5.79. The molecule has 1 heterocycles. The van der Waals surface area contributed by atoms with Gasteiger partial charge in [0, 0.05) is 5.69 Å². The molecule has 1 amide bonds. The molecule has 0 atom stereocenters. The van der Waals surface area contributed by atoms with Gasteiger partial charge in [-0.15, -0.1) is 0 Å². The number of anilines is 3. The van der Waals surface area contributed by atoms with E-state index in [9.17, 15) is 9.59 Å². The van der Waals surface area contributed by atoms with Crippen LogP contribution in [0.1, 0.15) is 27.8 Å². The first kappa shape index (κ1) is 19.4. The van der Waals surface area contributed by atoms with Gasteiger partial charge in [0.1, 0.15) is 5.69 Å². The number of aromatic nitrogens is 1. The smallest absolute Gasteiger partial charge is 0.338 e. The summed E-state index contributed by atoms with van der Waals surface area (Å²) in [4.78, 5) is 28.1. The third-order valence-corrected chi connectivity index (χ3v) is 4.13. The number of carbonyl (C=O) groups excluding carboxylic acids is 2. The number of hydrogen-bond donors (Lipinski definition) is 2. The van der Waals surface area contributed by atoms with Gasteiger partial charge < -0.3 is 15.4 Å². The first-order valence-electron chi connectivity index (χ1n) is 8.63. The van der Waals surface area contributed by atoms with Crippen molar-refractivity contribution in [2.45, 2.75) is 6.92 Å². The molecule has 0 saturated heterocycles. The van der Waals surface area contributed by atoms with Gasteiger partial charge in [0.05, 0.1) is 34.8 Å². The van der Waals surface area contributed by atoms with Gasteiger partial charge in [-0.2, -0.15) is 0 Å². The Kier molecular flexibility index (Phi) is 6.24. The number of rotatable bonds is 6. The minimum absolute atomic E-state index is 0.267. The minimum Gasteiger partial charge on any atom is -0.462 e. The van der Waals surface area contributed by atoms with Crippen molar-refractivity contribution < 1.29 is 14.3 Å². The van der Waals surface area contributed by atoms with Crippen molar-refractivity contribution >= 4 is 40.5 Å². The number of carbonyl (C=O) groups is 2. The maximum atomic E-state index is 12.3. The van der Waals surface area contributed by atoms with Crippen molar-refractivity contribution in [3.63, 3.8) is 0 Å². The summed E-state index contributed by atoms with van der Waals surface area (Å²) < 4.78 is 4.96. The van der Waals surface area contributed by atoms with E-state index >= 15 is 0 Å². The number of hydrogen-bond acceptors (Lipinski definition) is 5. The Bertz CT molecular complexity index is 973. The molecule has 2 N–H and O–H groups in total. The fourth-order valence-electron chi connectivity index (χ4n) is 2.42. The van der Waals surface area contributed by atoms with Crippen LogP contribution in [0.5, 0.6) is 0 Å². The van der Waals surface area contributed by atoms with Crippen LogP contribution in [0.25, 0.3) is 0 Å². The van der Waals surface area contributed by atoms with E-state index in [1.54, 1.807) is 73.8 Å². The zero-order valence-corrected chi connectivity index (χ0v) is 15.9. The SMILES string of the molecule is CCOC(=O)c1ccc(Nc2ccc(C(=O)Nc3ccccc3Cl)nc2)cc1. The van der Waals surface area contributed by atoms with E-state index in [-0.39, 0.29) is 17.6 Å². The number of nitrogens with zero attached hydrogens (tertiary/aromatic N) is 1. The summed E-state index contributed by atoms with van der Waals surface area (Å²) in [5, 5.41) is 6.34. The van der Waals surface area contributed by atoms with Crippen LogP contribution < -0.4 is 10.6 Å². The molecular formula is C21H18ClN3O3. The van der Waals surface area contributed by atoms with Gasteiger partial charge >= 0.3 is 5.97 Å². The Labute approximate surface area is 167 Å². The Morgan fingerprint density at radius 3 is 2.36 bits per heavy atom. The van der Waals surface area contributed by atoms with Gasteiger partial charge in [0.25, 0.3) is 5.91 Å². The third kappa shape index (κ3) is 4.86. The second kappa shape index (κ2) is 9.01. The third-order valence-electron chi connectivity index (χ3n) is 3.80. The lowest BCUT2D eigenvalue weighted by atomic mass is 10.2. The molecule has 0 unspecified atom stereocenters. The molecule has 6 nitrogen and oxygen atoms in total. The lowest BCUT2D eigenvalue weighted by Gasteiger charge is -2.09. The van der Waals surface area contributed by atoms with Crippen LogP contribution in [-0.2, 0) is 4.74 Å². The molecule has 0 aliphatic rings. The Morgan fingerprint density at radius 1 is 1.00 bits per heavy atom. The van der Waals surface area contributed by atoms with Crippen molar-refractivity contribution in [2.75, 3.05) is 17.2 Å². The van der Waals surface area contributed by atoms with E-state index in [1.165, 1.54) is 0 Å². The average molecular weight is 396 g/mol. The van der Waals surface area contributed by atoms with Crippen LogP contribution in [0.2, 0.25) is 5.02 Å². The van der Waals surface area contributed by atoms with Crippen molar-refractivity contribution in [3.8, 4) is 0 Å². The monoisotopic (exact) mass is 395 g/mol. The number of amides is 1. The minimum atomic E-state index is -0.357. The fraction of sp³-hybridized carbons (Fsp3) is 0.0952. The van der Waals surface area contributed by atoms with Crippen LogP contribution >= 0.6 is 11.6 Å². The van der Waals surface area contributed by atoms with E-state index in [4.69, 9.17) is 16.3 Å². The van der Waals surface area contributed by atoms with Crippen molar-refractivity contribution in [1.82, 2.24) is 4.98 Å². The van der Waals surface area contributed by atoms with Gasteiger partial charge in [-0.25, -0.2) is 9.78 Å². The number of esters is 1. The van der Waals surface area contributed by atoms with Crippen LogP contribution in [0, 0.1) is 0 Å². The molecule has 0 fully saturated rings. The summed E-state index contributed by atoms with van der Waals surface area (Å²) in [5.41, 5.74) is 2.77. The molecule has 28 heavy (non-hydrogen) atoms. The molecule has 0 saturated carbocycles. The maximum absolute atomic E-state index is 12.3. The Balaban J connectivity index is 1.63. The number of ether oxygens (including phenoxy) is 1. The number of pyridine rings is 1. The Morgan fingerprint density at radius 2 is 1.71 bits per heavy atom. The largest absolute Gasteiger partial charge is 0.462 e. The molecule has 7 heteroatoms. The predicted octanol–water partition coefficient (Wildman–Crippen LogP) is 4.91. The molecule has 0 spiro atoms. The Hall–Kier alpha value is -3.38. The average Bonchev–Trinajstić information content (AvgIpc) is 2.71. The molecule has 0 aliphatic heterocycles. The summed E-state index contributed by atoms with van der Waals surface area (Å²) in [6, 6.07) is 17.2. The number of para-hydroxylation sites is 1. The summed E-state index contributed by atoms with van der Waals surface area (Å²) in [5.74, 6) is -0.706. The van der Waals surface area contributed by atoms with Crippen molar-refractivity contribution in [3.05, 3.63) is 83.1 Å². The standard InChI is InChI=1S/C21H18ClN3O3/c1-2-28-21(27)14-7-9-15(10-8-14)24-16-11-12-19(23-13-16)20(26)25-18-6-4-3-5-17(18)22/h3-13,24H,2H2,1H3,(H,25,26). The molecule has 0 bridgehead atoms. The predicted molar refractivity (Wildman–Crippen MR) is 109 cm³/mol. The highest BCUT2D eigenvalue weighted by Gasteiger charge is 2.10. The van der Waals surface area contributed by atoms with Gasteiger partial charge in [-0.05, 0) is 55.5 Å². The zero-order chi connectivity index (χ0) is 19.9. The quantitative estimate of drug-likeness (QED) is 0.580. The highest BCUT2D eigenvalue weighted by Crippen LogP contribution is 2.21.